The van der Waals surface area contributed by atoms with Gasteiger partial charge in [0.15, 0.2) is 18.5 Å². The first kappa shape index (κ1) is 54.0. The molecule has 1 spiro atoms. The number of ether oxygens (including phenoxy) is 13. The van der Waals surface area contributed by atoms with Crippen LogP contribution >= 0.6 is 0 Å². The highest BCUT2D eigenvalue weighted by atomic mass is 16.9. The van der Waals surface area contributed by atoms with E-state index < -0.39 is 72.2 Å². The molecule has 19 heteroatoms. The summed E-state index contributed by atoms with van der Waals surface area (Å²) in [6, 6.07) is 7.77. The Bertz CT molecular complexity index is 1920. The van der Waals surface area contributed by atoms with E-state index in [1.807, 2.05) is 24.3 Å². The molecule has 19 nitrogen and oxygen atoms in total. The summed E-state index contributed by atoms with van der Waals surface area (Å²) in [5, 5.41) is 22.0. The molecule has 13 heterocycles. The van der Waals surface area contributed by atoms with Gasteiger partial charge < -0.3 is 71.8 Å². The van der Waals surface area contributed by atoms with Gasteiger partial charge in [-0.25, -0.2) is 0 Å². The van der Waals surface area contributed by atoms with Crippen LogP contribution in [0.2, 0.25) is 0 Å². The van der Waals surface area contributed by atoms with Crippen molar-refractivity contribution >= 4 is 12.3 Å². The Balaban J connectivity index is 0.000000184. The van der Waals surface area contributed by atoms with Gasteiger partial charge >= 0.3 is 12.3 Å². The fraction of sp³-hybridized carbons (Fsp3) is 0.840. The van der Waals surface area contributed by atoms with E-state index in [0.29, 0.717) is 6.42 Å². The lowest BCUT2D eigenvalue weighted by atomic mass is 9.86. The van der Waals surface area contributed by atoms with Crippen molar-refractivity contribution in [3.05, 3.63) is 29.8 Å². The van der Waals surface area contributed by atoms with E-state index in [9.17, 15) is 10.2 Å². The van der Waals surface area contributed by atoms with E-state index in [2.05, 4.69) is 27.7 Å². The van der Waals surface area contributed by atoms with Gasteiger partial charge in [-0.1, -0.05) is 80.4 Å². The fourth-order valence-electron chi connectivity index (χ4n) is 12.5. The number of fused-ring (bicyclic) bond motifs is 2. The summed E-state index contributed by atoms with van der Waals surface area (Å²) in [5.41, 5.74) is 0.912. The maximum atomic E-state index is 11.1. The molecule has 0 saturated carbocycles. The van der Waals surface area contributed by atoms with E-state index in [1.165, 1.54) is 0 Å². The maximum absolute atomic E-state index is 11.1. The highest BCUT2D eigenvalue weighted by Gasteiger charge is 2.83. The van der Waals surface area contributed by atoms with Gasteiger partial charge in [0.2, 0.25) is 23.1 Å². The Morgan fingerprint density at radius 1 is 0.580 bits per heavy atom. The van der Waals surface area contributed by atoms with Crippen molar-refractivity contribution in [2.75, 3.05) is 7.11 Å². The molecule has 1 aromatic carbocycles. The van der Waals surface area contributed by atoms with Crippen molar-refractivity contribution < 1.29 is 91.0 Å². The first-order valence-corrected chi connectivity index (χ1v) is 24.5. The van der Waals surface area contributed by atoms with Crippen LogP contribution in [0.25, 0.3) is 0 Å². The number of hydrogen-bond donors (Lipinski definition) is 2. The molecule has 13 saturated heterocycles. The minimum Gasteiger partial charge on any atom is -0.497 e. The summed E-state index contributed by atoms with van der Waals surface area (Å²) in [6.07, 6.45) is 7.86. The summed E-state index contributed by atoms with van der Waals surface area (Å²) < 4.78 is 83.4. The largest absolute Gasteiger partial charge is 0.497 e. The summed E-state index contributed by atoms with van der Waals surface area (Å²) in [4.78, 5) is 32.5. The molecular formula is C50H74O19. The number of rotatable bonds is 12. The quantitative estimate of drug-likeness (QED) is 0.252. The molecule has 1 aromatic rings. The molecule has 0 aliphatic carbocycles. The topological polar surface area (TPSA) is 229 Å². The average Bonchev–Trinajstić information content (AvgIpc) is 4.00. The summed E-state index contributed by atoms with van der Waals surface area (Å²) in [5.74, 6) is -4.23. The number of methoxy groups -OCH3 is 1. The van der Waals surface area contributed by atoms with Crippen LogP contribution in [0.15, 0.2) is 24.3 Å². The van der Waals surface area contributed by atoms with Gasteiger partial charge in [0.1, 0.15) is 66.8 Å². The van der Waals surface area contributed by atoms with Crippen LogP contribution in [0.4, 0.5) is 0 Å². The van der Waals surface area contributed by atoms with Crippen molar-refractivity contribution in [3.8, 4) is 5.75 Å². The molecule has 2 unspecified atom stereocenters. The van der Waals surface area contributed by atoms with Gasteiger partial charge in [0.25, 0.3) is 0 Å². The molecular weight excluding hydrogens is 905 g/mol. The number of unbranched alkanes of at least 4 members (excludes halogenated alkanes) is 4. The number of aliphatic hydroxyl groups is 2. The van der Waals surface area contributed by atoms with Crippen molar-refractivity contribution in [1.29, 1.82) is 0 Å². The minimum atomic E-state index is -1.77. The van der Waals surface area contributed by atoms with Crippen LogP contribution in [0.5, 0.6) is 5.75 Å². The second-order valence-electron chi connectivity index (χ2n) is 19.4. The first-order valence-electron chi connectivity index (χ1n) is 24.5. The molecule has 12 bridgehead atoms. The van der Waals surface area contributed by atoms with Crippen LogP contribution in [-0.4, -0.2) is 150 Å². The Kier molecular flexibility index (Phi) is 17.0. The zero-order valence-electron chi connectivity index (χ0n) is 38.9. The molecule has 14 rings (SSSR count). The highest BCUT2D eigenvalue weighted by molar-refractivity contribution is 5.30. The summed E-state index contributed by atoms with van der Waals surface area (Å²) >= 11 is 0. The highest BCUT2D eigenvalue weighted by Crippen LogP contribution is 2.64. The second kappa shape index (κ2) is 21.7. The third-order valence-corrected chi connectivity index (χ3v) is 15.6. The van der Waals surface area contributed by atoms with E-state index >= 15 is 0 Å². The molecule has 21 atom stereocenters. The lowest BCUT2D eigenvalue weighted by Gasteiger charge is -2.47. The molecule has 2 N–H and O–H groups in total. The second-order valence-corrected chi connectivity index (χ2v) is 19.4. The SMILES string of the molecule is C.C.CCCCC[C@]12OC3[C@@H]4O[C@H]5CC[C@H](CC)O[C@@H]5[C@H](O1)[C@@H]4O[C@@]3(O)[C@H]2O.CCCCC[C@]12OC3[C@@H]4O[C@H]5CC[C@H](CC)O[C@@H]5[C@H](O1)[C@@H]4O[C@]31O[C@@H](c3ccc(OC)cc3)O[C@@H]21.O=C=O.O=C=O. The Labute approximate surface area is 404 Å². The van der Waals surface area contributed by atoms with Crippen LogP contribution < -0.4 is 4.74 Å². The van der Waals surface area contributed by atoms with Gasteiger partial charge in [0.05, 0.1) is 31.5 Å². The molecule has 0 amide bonds. The van der Waals surface area contributed by atoms with Gasteiger partial charge in [-0.2, -0.15) is 19.2 Å². The van der Waals surface area contributed by atoms with Crippen molar-refractivity contribution in [2.45, 2.75) is 260 Å². The molecule has 13 aliphatic heterocycles. The number of aliphatic hydroxyl groups excluding tert-OH is 1. The van der Waals surface area contributed by atoms with E-state index in [1.54, 1.807) is 7.11 Å². The smallest absolute Gasteiger partial charge is 0.373 e. The predicted molar refractivity (Wildman–Crippen MR) is 236 cm³/mol. The zero-order chi connectivity index (χ0) is 47.3. The van der Waals surface area contributed by atoms with Crippen molar-refractivity contribution in [3.63, 3.8) is 0 Å². The Morgan fingerprint density at radius 2 is 1.07 bits per heavy atom. The van der Waals surface area contributed by atoms with Gasteiger partial charge in [-0.3, -0.25) is 0 Å². The monoisotopic (exact) mass is 978 g/mol. The third kappa shape index (κ3) is 9.00. The molecule has 13 fully saturated rings. The number of benzene rings is 1. The van der Waals surface area contributed by atoms with Gasteiger partial charge in [-0.05, 0) is 63.5 Å². The Morgan fingerprint density at radius 3 is 1.61 bits per heavy atom. The molecule has 388 valence electrons. The predicted octanol–water partition coefficient (Wildman–Crippen LogP) is 5.34. The lowest BCUT2D eigenvalue weighted by Crippen LogP contribution is -2.62. The van der Waals surface area contributed by atoms with E-state index in [-0.39, 0.29) is 82.1 Å². The molecule has 0 aromatic heterocycles. The molecule has 0 radical (unpaired) electrons. The van der Waals surface area contributed by atoms with E-state index in [0.717, 1.165) is 94.8 Å². The van der Waals surface area contributed by atoms with Crippen LogP contribution in [0, 0.1) is 0 Å². The normalized spacial score (nSPS) is 46.7. The lowest BCUT2D eigenvalue weighted by molar-refractivity contribution is -0.328. The number of carbonyl (C=O) groups excluding carboxylic acids is 4. The van der Waals surface area contributed by atoms with Gasteiger partial charge in [-0.15, -0.1) is 0 Å². The standard InChI is InChI=1S/C27H36O8.C19H30O7.2CO2.2CH4/c1-4-6-7-14-26-25-27(35-24(31-25)15-8-10-17(28-3)11-9-15)23(34-26)22-21(33-27)20(32-26)19-18(30-22)13-12-16(5-2)29-19;1-3-5-6-9-18-17(20)19(21)16(26-18)15-14(25-19)13(24-18)12-11(23-15)8-7-10(4-2)22-12;2*2-1-3;;/h8-11,16,18-25H,4-7,12-14H2,1-3H3;10-17,20-21H,3-9H2,1-2H3;;;2*1H4/t16-,18-,19-,20-,21-,22+,23?,24-,25-,26+,27-;10-,11-,12-,13-,14-,15+,16?,17-,18+,19+;;;;/m00..../s1. The van der Waals surface area contributed by atoms with Crippen molar-refractivity contribution in [2.24, 2.45) is 0 Å². The van der Waals surface area contributed by atoms with Crippen molar-refractivity contribution in [1.82, 2.24) is 0 Å². The van der Waals surface area contributed by atoms with Gasteiger partial charge in [0, 0.05) is 18.4 Å². The third-order valence-electron chi connectivity index (χ3n) is 15.6. The minimum absolute atomic E-state index is 0. The fourth-order valence-corrected chi connectivity index (χ4v) is 12.5. The van der Waals surface area contributed by atoms with Crippen LogP contribution in [0.3, 0.4) is 0 Å². The molecule has 69 heavy (non-hydrogen) atoms. The summed E-state index contributed by atoms with van der Waals surface area (Å²) in [6.45, 7) is 8.61. The zero-order valence-corrected chi connectivity index (χ0v) is 38.9. The summed E-state index contributed by atoms with van der Waals surface area (Å²) in [7, 11) is 1.66. The number of hydrogen-bond acceptors (Lipinski definition) is 19. The molecule has 13 aliphatic rings. The average molecular weight is 979 g/mol. The van der Waals surface area contributed by atoms with Crippen LogP contribution in [0.1, 0.15) is 144 Å². The van der Waals surface area contributed by atoms with E-state index in [4.69, 9.17) is 80.8 Å². The Hall–Kier alpha value is -2.78. The maximum Gasteiger partial charge on any atom is 0.373 e. The van der Waals surface area contributed by atoms with Crippen LogP contribution in [-0.2, 0) is 76.0 Å². The first-order chi connectivity index (χ1) is 32.5.